The highest BCUT2D eigenvalue weighted by Gasteiger charge is 2.26. The van der Waals surface area contributed by atoms with Crippen molar-refractivity contribution >= 4 is 22.0 Å². The van der Waals surface area contributed by atoms with E-state index in [-0.39, 0.29) is 30.6 Å². The molecular formula is C27H37N3O5S. The summed E-state index contributed by atoms with van der Waals surface area (Å²) in [6, 6.07) is 9.73. The molecule has 0 N–H and O–H groups in total. The molecular weight excluding hydrogens is 478 g/mol. The largest absolute Gasteiger partial charge is 0.497 e. The molecule has 0 fully saturated rings. The Labute approximate surface area is 215 Å². The minimum atomic E-state index is -3.78. The van der Waals surface area contributed by atoms with E-state index >= 15 is 0 Å². The van der Waals surface area contributed by atoms with Crippen molar-refractivity contribution in [1.29, 1.82) is 0 Å². The number of ether oxygens (including phenoxy) is 2. The van der Waals surface area contributed by atoms with Crippen LogP contribution in [0.2, 0.25) is 0 Å². The van der Waals surface area contributed by atoms with Gasteiger partial charge < -0.3 is 19.3 Å². The van der Waals surface area contributed by atoms with Crippen LogP contribution in [0.15, 0.2) is 41.8 Å². The van der Waals surface area contributed by atoms with Gasteiger partial charge in [0.25, 0.3) is 0 Å². The first-order valence-electron chi connectivity index (χ1n) is 11.9. The minimum Gasteiger partial charge on any atom is -0.497 e. The molecule has 2 aromatic carbocycles. The lowest BCUT2D eigenvalue weighted by atomic mass is 9.97. The first-order valence-corrected chi connectivity index (χ1v) is 13.4. The molecule has 1 amide bonds. The Morgan fingerprint density at radius 3 is 2.64 bits per heavy atom. The van der Waals surface area contributed by atoms with E-state index in [2.05, 4.69) is 36.7 Å². The van der Waals surface area contributed by atoms with Gasteiger partial charge in [-0.05, 0) is 60.3 Å². The number of benzene rings is 2. The number of carbonyl (C=O) groups is 1. The van der Waals surface area contributed by atoms with E-state index in [9.17, 15) is 13.2 Å². The Hall–Kier alpha value is -2.72. The van der Waals surface area contributed by atoms with Crippen LogP contribution in [-0.4, -0.2) is 83.0 Å². The van der Waals surface area contributed by atoms with Gasteiger partial charge in [0.15, 0.2) is 0 Å². The Bertz CT molecular complexity index is 1210. The fraction of sp³-hybridized carbons (Fsp3) is 0.444. The van der Waals surface area contributed by atoms with Gasteiger partial charge in [0.05, 0.1) is 18.6 Å². The highest BCUT2D eigenvalue weighted by atomic mass is 32.2. The summed E-state index contributed by atoms with van der Waals surface area (Å²) in [6.45, 7) is 8.04. The predicted molar refractivity (Wildman–Crippen MR) is 141 cm³/mol. The maximum Gasteiger partial charge on any atom is 0.248 e. The van der Waals surface area contributed by atoms with Crippen molar-refractivity contribution < 1.29 is 22.7 Å². The molecule has 8 nitrogen and oxygen atoms in total. The summed E-state index contributed by atoms with van der Waals surface area (Å²) in [4.78, 5) is 16.7. The summed E-state index contributed by atoms with van der Waals surface area (Å²) < 4.78 is 38.4. The van der Waals surface area contributed by atoms with Crippen molar-refractivity contribution in [3.63, 3.8) is 0 Å². The standard InChI is InChI=1S/C27H37N3O5S/c1-7-22-16-25(34-6)14-20(2)27(22)36(32,33)30(5)12-13-35-19-26(31)29(4)17-21-8-9-23-10-11-28(3)18-24(23)15-21/h7-9,14-16H,1,10-13,17-19H2,2-6H3. The summed E-state index contributed by atoms with van der Waals surface area (Å²) in [6.07, 6.45) is 2.55. The minimum absolute atomic E-state index is 0.0963. The van der Waals surface area contributed by atoms with Gasteiger partial charge >= 0.3 is 0 Å². The van der Waals surface area contributed by atoms with E-state index in [4.69, 9.17) is 9.47 Å². The fourth-order valence-corrected chi connectivity index (χ4v) is 5.87. The van der Waals surface area contributed by atoms with E-state index in [0.717, 1.165) is 25.1 Å². The number of likely N-dealkylation sites (N-methyl/N-ethyl adjacent to an activating group) is 3. The van der Waals surface area contributed by atoms with E-state index in [1.54, 1.807) is 31.0 Å². The van der Waals surface area contributed by atoms with Gasteiger partial charge in [0.2, 0.25) is 15.9 Å². The maximum atomic E-state index is 13.2. The molecule has 0 radical (unpaired) electrons. The second-order valence-electron chi connectivity index (χ2n) is 9.29. The molecule has 0 saturated heterocycles. The molecule has 196 valence electrons. The van der Waals surface area contributed by atoms with Crippen molar-refractivity contribution in [3.05, 3.63) is 64.7 Å². The zero-order valence-corrected chi connectivity index (χ0v) is 22.7. The number of aryl methyl sites for hydroxylation is 1. The van der Waals surface area contributed by atoms with Gasteiger partial charge in [0.1, 0.15) is 12.4 Å². The number of sulfonamides is 1. The average Bonchev–Trinajstić information content (AvgIpc) is 2.85. The molecule has 1 aliphatic heterocycles. The van der Waals surface area contributed by atoms with E-state index in [1.807, 2.05) is 0 Å². The monoisotopic (exact) mass is 515 g/mol. The molecule has 0 spiro atoms. The van der Waals surface area contributed by atoms with Crippen LogP contribution >= 0.6 is 0 Å². The van der Waals surface area contributed by atoms with Crippen molar-refractivity contribution in [1.82, 2.24) is 14.1 Å². The maximum absolute atomic E-state index is 13.2. The summed E-state index contributed by atoms with van der Waals surface area (Å²) >= 11 is 0. The van der Waals surface area contributed by atoms with Crippen LogP contribution in [0.25, 0.3) is 6.08 Å². The first-order chi connectivity index (χ1) is 17.1. The van der Waals surface area contributed by atoms with Gasteiger partial charge in [-0.25, -0.2) is 8.42 Å². The molecule has 0 unspecified atom stereocenters. The van der Waals surface area contributed by atoms with Crippen LogP contribution in [0.3, 0.4) is 0 Å². The SMILES string of the molecule is C=Cc1cc(OC)cc(C)c1S(=O)(=O)N(C)CCOCC(=O)N(C)Cc1ccc2c(c1)CN(C)CC2. The zero-order valence-electron chi connectivity index (χ0n) is 21.9. The molecule has 3 rings (SSSR count). The highest BCUT2D eigenvalue weighted by molar-refractivity contribution is 7.89. The molecule has 0 bridgehead atoms. The van der Waals surface area contributed by atoms with Crippen molar-refractivity contribution in [2.24, 2.45) is 0 Å². The number of carbonyl (C=O) groups excluding carboxylic acids is 1. The Balaban J connectivity index is 1.52. The molecule has 0 saturated carbocycles. The third-order valence-electron chi connectivity index (χ3n) is 6.50. The van der Waals surface area contributed by atoms with E-state index in [0.29, 0.717) is 23.4 Å². The first kappa shape index (κ1) is 27.9. The number of hydrogen-bond acceptors (Lipinski definition) is 6. The van der Waals surface area contributed by atoms with Gasteiger partial charge in [-0.15, -0.1) is 0 Å². The Morgan fingerprint density at radius 2 is 1.94 bits per heavy atom. The number of rotatable bonds is 11. The number of methoxy groups -OCH3 is 1. The predicted octanol–water partition coefficient (Wildman–Crippen LogP) is 2.93. The number of nitrogens with zero attached hydrogens (tertiary/aromatic N) is 3. The lowest BCUT2D eigenvalue weighted by Crippen LogP contribution is -2.33. The van der Waals surface area contributed by atoms with Gasteiger partial charge in [-0.1, -0.05) is 30.9 Å². The molecule has 9 heteroatoms. The van der Waals surface area contributed by atoms with Crippen LogP contribution in [-0.2, 0) is 39.1 Å². The topological polar surface area (TPSA) is 79.4 Å². The van der Waals surface area contributed by atoms with Crippen molar-refractivity contribution in [2.45, 2.75) is 31.3 Å². The molecule has 0 atom stereocenters. The summed E-state index contributed by atoms with van der Waals surface area (Å²) in [5.41, 5.74) is 4.82. The van der Waals surface area contributed by atoms with Crippen LogP contribution in [0.1, 0.15) is 27.8 Å². The number of hydrogen-bond donors (Lipinski definition) is 0. The molecule has 0 aliphatic carbocycles. The van der Waals surface area contributed by atoms with E-state index < -0.39 is 10.0 Å². The lowest BCUT2D eigenvalue weighted by molar-refractivity contribution is -0.135. The van der Waals surface area contributed by atoms with Gasteiger partial charge in [-0.3, -0.25) is 4.79 Å². The molecule has 2 aromatic rings. The van der Waals surface area contributed by atoms with Crippen molar-refractivity contribution in [3.8, 4) is 5.75 Å². The summed E-state index contributed by atoms with van der Waals surface area (Å²) in [7, 11) is 3.11. The Kier molecular flexibility index (Phi) is 9.30. The molecule has 1 aliphatic rings. The number of amides is 1. The highest BCUT2D eigenvalue weighted by Crippen LogP contribution is 2.29. The van der Waals surface area contributed by atoms with Crippen LogP contribution in [0.5, 0.6) is 5.75 Å². The van der Waals surface area contributed by atoms with Gasteiger partial charge in [0, 0.05) is 40.3 Å². The summed E-state index contributed by atoms with van der Waals surface area (Å²) in [5, 5.41) is 0. The third-order valence-corrected chi connectivity index (χ3v) is 8.57. The second-order valence-corrected chi connectivity index (χ2v) is 11.3. The quantitative estimate of drug-likeness (QED) is 0.428. The second kappa shape index (κ2) is 12.0. The van der Waals surface area contributed by atoms with Crippen LogP contribution in [0, 0.1) is 6.92 Å². The lowest BCUT2D eigenvalue weighted by Gasteiger charge is -2.26. The zero-order chi connectivity index (χ0) is 26.5. The number of fused-ring (bicyclic) bond motifs is 1. The van der Waals surface area contributed by atoms with Crippen LogP contribution < -0.4 is 4.74 Å². The summed E-state index contributed by atoms with van der Waals surface area (Å²) in [5.74, 6) is 0.410. The molecule has 1 heterocycles. The van der Waals surface area contributed by atoms with Crippen molar-refractivity contribution in [2.75, 3.05) is 54.6 Å². The molecule has 36 heavy (non-hydrogen) atoms. The van der Waals surface area contributed by atoms with Gasteiger partial charge in [-0.2, -0.15) is 4.31 Å². The normalized spacial score (nSPS) is 13.9. The van der Waals surface area contributed by atoms with E-state index in [1.165, 1.54) is 35.7 Å². The fourth-order valence-electron chi connectivity index (χ4n) is 4.34. The smallest absolute Gasteiger partial charge is 0.248 e. The van der Waals surface area contributed by atoms with Crippen LogP contribution in [0.4, 0.5) is 0 Å². The molecule has 0 aromatic heterocycles. The third kappa shape index (κ3) is 6.53. The average molecular weight is 516 g/mol. The Morgan fingerprint density at radius 1 is 1.19 bits per heavy atom.